The summed E-state index contributed by atoms with van der Waals surface area (Å²) in [4.78, 5) is 0. The van der Waals surface area contributed by atoms with E-state index in [4.69, 9.17) is 4.74 Å². The monoisotopic (exact) mass is 215 g/mol. The second-order valence-corrected chi connectivity index (χ2v) is 4.89. The number of benzene rings is 1. The van der Waals surface area contributed by atoms with Crippen molar-refractivity contribution in [2.75, 3.05) is 6.61 Å². The molecule has 16 heavy (non-hydrogen) atoms. The lowest BCUT2D eigenvalue weighted by Gasteiger charge is -2.10. The maximum atomic E-state index is 5.89. The van der Waals surface area contributed by atoms with Gasteiger partial charge in [0.2, 0.25) is 0 Å². The highest BCUT2D eigenvalue weighted by Gasteiger charge is 2.21. The van der Waals surface area contributed by atoms with Crippen molar-refractivity contribution in [2.24, 2.45) is 13.0 Å². The zero-order valence-corrected chi connectivity index (χ0v) is 10.1. The summed E-state index contributed by atoms with van der Waals surface area (Å²) in [6.45, 7) is 5.29. The van der Waals surface area contributed by atoms with Gasteiger partial charge in [-0.2, -0.15) is 0 Å². The molecule has 2 heteroatoms. The molecule has 0 amide bonds. The van der Waals surface area contributed by atoms with Crippen molar-refractivity contribution in [1.82, 2.24) is 4.57 Å². The highest BCUT2D eigenvalue weighted by atomic mass is 16.5. The summed E-state index contributed by atoms with van der Waals surface area (Å²) in [6, 6.07) is 6.34. The Morgan fingerprint density at radius 1 is 1.38 bits per heavy atom. The number of aryl methyl sites for hydroxylation is 1. The highest BCUT2D eigenvalue weighted by Crippen LogP contribution is 2.36. The molecule has 1 aromatic heterocycles. The summed E-state index contributed by atoms with van der Waals surface area (Å²) in [7, 11) is 2.14. The third-order valence-electron chi connectivity index (χ3n) is 3.68. The van der Waals surface area contributed by atoms with E-state index in [2.05, 4.69) is 43.7 Å². The van der Waals surface area contributed by atoms with E-state index in [0.717, 1.165) is 18.8 Å². The van der Waals surface area contributed by atoms with Gasteiger partial charge in [0.05, 0.1) is 12.1 Å². The normalized spacial score (nSPS) is 19.6. The number of ether oxygens (including phenoxy) is 1. The molecule has 1 aliphatic heterocycles. The van der Waals surface area contributed by atoms with Gasteiger partial charge < -0.3 is 9.30 Å². The van der Waals surface area contributed by atoms with Crippen LogP contribution >= 0.6 is 0 Å². The van der Waals surface area contributed by atoms with Crippen LogP contribution in [0.5, 0.6) is 5.75 Å². The van der Waals surface area contributed by atoms with Gasteiger partial charge >= 0.3 is 0 Å². The van der Waals surface area contributed by atoms with E-state index in [1.54, 1.807) is 0 Å². The van der Waals surface area contributed by atoms with Crippen molar-refractivity contribution in [3.8, 4) is 5.75 Å². The lowest BCUT2D eigenvalue weighted by Crippen LogP contribution is -2.09. The maximum absolute atomic E-state index is 5.89. The van der Waals surface area contributed by atoms with Crippen LogP contribution in [-0.4, -0.2) is 11.2 Å². The van der Waals surface area contributed by atoms with Gasteiger partial charge in [-0.15, -0.1) is 0 Å². The minimum atomic E-state index is 0.594. The molecule has 0 spiro atoms. The predicted molar refractivity (Wildman–Crippen MR) is 66.0 cm³/mol. The van der Waals surface area contributed by atoms with Gasteiger partial charge in [-0.3, -0.25) is 0 Å². The van der Waals surface area contributed by atoms with Gasteiger partial charge in [-0.25, -0.2) is 0 Å². The molecule has 84 valence electrons. The van der Waals surface area contributed by atoms with Crippen LogP contribution in [0.4, 0.5) is 0 Å². The second-order valence-electron chi connectivity index (χ2n) is 4.89. The fourth-order valence-electron chi connectivity index (χ4n) is 2.68. The zero-order chi connectivity index (χ0) is 11.3. The number of hydrogen-bond acceptors (Lipinski definition) is 1. The minimum absolute atomic E-state index is 0.594. The number of aromatic nitrogens is 1. The van der Waals surface area contributed by atoms with Crippen LogP contribution in [0.1, 0.15) is 18.2 Å². The molecule has 2 heterocycles. The van der Waals surface area contributed by atoms with Gasteiger partial charge in [-0.1, -0.05) is 13.0 Å². The second kappa shape index (κ2) is 3.27. The molecule has 0 saturated carbocycles. The van der Waals surface area contributed by atoms with Gasteiger partial charge in [0.15, 0.2) is 0 Å². The Kier molecular flexibility index (Phi) is 2.00. The van der Waals surface area contributed by atoms with E-state index in [1.807, 2.05) is 0 Å². The molecule has 0 aliphatic carbocycles. The molecule has 1 atom stereocenters. The molecular weight excluding hydrogens is 198 g/mol. The van der Waals surface area contributed by atoms with Gasteiger partial charge in [-0.05, 0) is 37.0 Å². The van der Waals surface area contributed by atoms with E-state index in [0.29, 0.717) is 5.92 Å². The molecule has 0 bridgehead atoms. The first-order valence-electron chi connectivity index (χ1n) is 5.88. The molecule has 0 fully saturated rings. The molecule has 0 saturated heterocycles. The van der Waals surface area contributed by atoms with Crippen LogP contribution in [0.3, 0.4) is 0 Å². The molecule has 1 unspecified atom stereocenters. The quantitative estimate of drug-likeness (QED) is 0.658. The molecule has 2 aromatic rings. The van der Waals surface area contributed by atoms with Gasteiger partial charge in [0.25, 0.3) is 0 Å². The van der Waals surface area contributed by atoms with Crippen molar-refractivity contribution in [3.63, 3.8) is 0 Å². The number of rotatable bonds is 0. The molecule has 3 rings (SSSR count). The van der Waals surface area contributed by atoms with Gasteiger partial charge in [0.1, 0.15) is 5.75 Å². The lowest BCUT2D eigenvalue weighted by molar-refractivity contribution is 0.267. The summed E-state index contributed by atoms with van der Waals surface area (Å²) in [5, 5.41) is 1.33. The fourth-order valence-corrected chi connectivity index (χ4v) is 2.68. The topological polar surface area (TPSA) is 14.2 Å². The molecule has 0 radical (unpaired) electrons. The first-order valence-corrected chi connectivity index (χ1v) is 5.88. The average Bonchev–Trinajstić information content (AvgIpc) is 2.47. The third kappa shape index (κ3) is 1.19. The summed E-state index contributed by atoms with van der Waals surface area (Å²) in [5.74, 6) is 1.65. The molecular formula is C14H17NO. The van der Waals surface area contributed by atoms with Crippen molar-refractivity contribution in [2.45, 2.75) is 20.3 Å². The lowest BCUT2D eigenvalue weighted by atomic mass is 10.0. The van der Waals surface area contributed by atoms with E-state index in [9.17, 15) is 0 Å². The Hall–Kier alpha value is -1.44. The van der Waals surface area contributed by atoms with Gasteiger partial charge in [0, 0.05) is 18.1 Å². The van der Waals surface area contributed by atoms with Crippen molar-refractivity contribution in [1.29, 1.82) is 0 Å². The summed E-state index contributed by atoms with van der Waals surface area (Å²) in [5.41, 5.74) is 4.14. The van der Waals surface area contributed by atoms with Crippen molar-refractivity contribution >= 4 is 10.9 Å². The van der Waals surface area contributed by atoms with Crippen LogP contribution in [0.25, 0.3) is 10.9 Å². The summed E-state index contributed by atoms with van der Waals surface area (Å²) < 4.78 is 8.16. The first-order chi connectivity index (χ1) is 7.68. The third-order valence-corrected chi connectivity index (χ3v) is 3.68. The van der Waals surface area contributed by atoms with Crippen LogP contribution in [0.15, 0.2) is 18.2 Å². The average molecular weight is 215 g/mol. The molecule has 0 N–H and O–H groups in total. The molecule has 1 aliphatic rings. The Bertz CT molecular complexity index is 553. The van der Waals surface area contributed by atoms with E-state index < -0.39 is 0 Å². The Balaban J connectivity index is 2.40. The Morgan fingerprint density at radius 2 is 2.19 bits per heavy atom. The number of nitrogens with zero attached hydrogens (tertiary/aromatic N) is 1. The van der Waals surface area contributed by atoms with Crippen LogP contribution in [0.2, 0.25) is 0 Å². The maximum Gasteiger partial charge on any atom is 0.128 e. The van der Waals surface area contributed by atoms with Crippen LogP contribution < -0.4 is 4.74 Å². The molecule has 2 nitrogen and oxygen atoms in total. The summed E-state index contributed by atoms with van der Waals surface area (Å²) in [6.07, 6.45) is 1.13. The van der Waals surface area contributed by atoms with E-state index >= 15 is 0 Å². The standard InChI is InChI=1S/C14H17NO/c1-9-7-11-10(2)15(3)12-5-4-6-13(14(11)12)16-8-9/h4-6,9H,7-8H2,1-3H3. The Morgan fingerprint density at radius 3 is 3.00 bits per heavy atom. The van der Waals surface area contributed by atoms with Crippen LogP contribution in [0, 0.1) is 12.8 Å². The molecule has 1 aromatic carbocycles. The smallest absolute Gasteiger partial charge is 0.128 e. The van der Waals surface area contributed by atoms with E-state index in [1.165, 1.54) is 22.2 Å². The van der Waals surface area contributed by atoms with E-state index in [-0.39, 0.29) is 0 Å². The fraction of sp³-hybridized carbons (Fsp3) is 0.429. The first kappa shape index (κ1) is 9.76. The predicted octanol–water partition coefficient (Wildman–Crippen LogP) is 3.06. The van der Waals surface area contributed by atoms with Crippen molar-refractivity contribution in [3.05, 3.63) is 29.5 Å². The number of hydrogen-bond donors (Lipinski definition) is 0. The summed E-state index contributed by atoms with van der Waals surface area (Å²) >= 11 is 0. The minimum Gasteiger partial charge on any atom is -0.493 e. The van der Waals surface area contributed by atoms with Crippen LogP contribution in [-0.2, 0) is 13.5 Å². The SMILES string of the molecule is Cc1c2c3c(cccc3n1C)OCC(C)C2. The zero-order valence-electron chi connectivity index (χ0n) is 10.1. The highest BCUT2D eigenvalue weighted by molar-refractivity contribution is 5.91. The van der Waals surface area contributed by atoms with Crippen molar-refractivity contribution < 1.29 is 4.74 Å². The largest absolute Gasteiger partial charge is 0.493 e. The Labute approximate surface area is 95.8 Å².